The number of carboxylic acid groups (broad SMARTS) is 1. The molecule has 264 valence electrons. The highest BCUT2D eigenvalue weighted by Crippen LogP contribution is 2.59. The van der Waals surface area contributed by atoms with Crippen molar-refractivity contribution in [3.8, 4) is 16.9 Å². The first-order valence-electron chi connectivity index (χ1n) is 16.0. The van der Waals surface area contributed by atoms with E-state index in [2.05, 4.69) is 25.8 Å². The zero-order valence-corrected chi connectivity index (χ0v) is 27.8. The Morgan fingerprint density at radius 3 is 2.42 bits per heavy atom. The summed E-state index contributed by atoms with van der Waals surface area (Å²) in [6.45, 7) is 8.59. The lowest BCUT2D eigenvalue weighted by Gasteiger charge is -2.24. The molecule has 17 heteroatoms. The Kier molecular flexibility index (Phi) is 7.35. The van der Waals surface area contributed by atoms with Gasteiger partial charge >= 0.3 is 24.4 Å². The van der Waals surface area contributed by atoms with E-state index in [9.17, 15) is 32.7 Å². The van der Waals surface area contributed by atoms with Crippen LogP contribution < -0.4 is 20.3 Å². The highest BCUT2D eigenvalue weighted by Gasteiger charge is 2.67. The summed E-state index contributed by atoms with van der Waals surface area (Å²) < 4.78 is 59.3. The number of urea groups is 1. The number of rotatable bonds is 6. The van der Waals surface area contributed by atoms with Gasteiger partial charge in [-0.15, -0.1) is 0 Å². The van der Waals surface area contributed by atoms with E-state index in [1.807, 2.05) is 24.6 Å². The molecule has 3 aliphatic rings. The van der Waals surface area contributed by atoms with Gasteiger partial charge in [-0.05, 0) is 71.9 Å². The number of carbonyl (C=O) groups is 3. The number of amides is 4. The first-order chi connectivity index (χ1) is 23.4. The highest BCUT2D eigenvalue weighted by atomic mass is 19.4. The van der Waals surface area contributed by atoms with Crippen LogP contribution in [0.15, 0.2) is 35.2 Å². The van der Waals surface area contributed by atoms with Crippen molar-refractivity contribution in [2.45, 2.75) is 95.6 Å². The molecule has 2 saturated carbocycles. The van der Waals surface area contributed by atoms with E-state index in [4.69, 9.17) is 14.0 Å². The molecular formula is C33H34F3N7O7. The molecule has 14 nitrogen and oxygen atoms in total. The molecule has 0 atom stereocenters. The monoisotopic (exact) mass is 697 g/mol. The molecular weight excluding hydrogens is 663 g/mol. The van der Waals surface area contributed by atoms with Gasteiger partial charge in [0.25, 0.3) is 0 Å². The van der Waals surface area contributed by atoms with Crippen molar-refractivity contribution in [1.29, 1.82) is 0 Å². The lowest BCUT2D eigenvalue weighted by atomic mass is 9.93. The number of hydrogen-bond donors (Lipinski definition) is 3. The summed E-state index contributed by atoms with van der Waals surface area (Å²) in [6.07, 6.45) is -2.25. The van der Waals surface area contributed by atoms with Gasteiger partial charge in [-0.25, -0.2) is 24.4 Å². The third-order valence-corrected chi connectivity index (χ3v) is 8.80. The molecule has 1 aromatic carbocycles. The normalized spacial score (nSPS) is 17.5. The number of nitrogens with one attached hydrogen (secondary N) is 2. The molecule has 0 unspecified atom stereocenters. The van der Waals surface area contributed by atoms with Crippen molar-refractivity contribution in [1.82, 2.24) is 19.7 Å². The van der Waals surface area contributed by atoms with Crippen LogP contribution in [-0.2, 0) is 16.6 Å². The van der Waals surface area contributed by atoms with Gasteiger partial charge in [0.1, 0.15) is 34.3 Å². The van der Waals surface area contributed by atoms with Gasteiger partial charge in [-0.2, -0.15) is 18.1 Å². The molecule has 3 aromatic heterocycles. The van der Waals surface area contributed by atoms with Gasteiger partial charge in [-0.3, -0.25) is 5.32 Å². The SMILES string of the molecule is CC(C)(C)OC(=O)N(C(=O)O)c1ncnc2c1c(-c1ccc(NC(=O)Nc3cc(C4(C(F)(F)F)CC4)on3)c3c1CC(C)(C)O3)cn2C1CC1. The maximum absolute atomic E-state index is 13.5. The van der Waals surface area contributed by atoms with Crippen LogP contribution >= 0.6 is 0 Å². The minimum atomic E-state index is -4.50. The summed E-state index contributed by atoms with van der Waals surface area (Å²) in [6, 6.07) is 3.72. The summed E-state index contributed by atoms with van der Waals surface area (Å²) >= 11 is 0. The number of anilines is 3. The average molecular weight is 698 g/mol. The van der Waals surface area contributed by atoms with Gasteiger partial charge in [0.05, 0.1) is 11.1 Å². The largest absolute Gasteiger partial charge is 0.485 e. The maximum Gasteiger partial charge on any atom is 0.425 e. The molecule has 4 heterocycles. The Balaban J connectivity index is 1.26. The Morgan fingerprint density at radius 2 is 1.80 bits per heavy atom. The average Bonchev–Trinajstić information content (AvgIpc) is 3.89. The Bertz CT molecular complexity index is 2060. The number of carbonyl (C=O) groups excluding carboxylic acids is 2. The molecule has 2 aliphatic carbocycles. The number of imide groups is 1. The lowest BCUT2D eigenvalue weighted by Crippen LogP contribution is -2.40. The number of alkyl halides is 3. The first-order valence-corrected chi connectivity index (χ1v) is 16.0. The van der Waals surface area contributed by atoms with Crippen molar-refractivity contribution in [3.63, 3.8) is 0 Å². The second-order valence-electron chi connectivity index (χ2n) is 14.4. The molecule has 3 N–H and O–H groups in total. The second kappa shape index (κ2) is 11.1. The van der Waals surface area contributed by atoms with E-state index in [-0.39, 0.29) is 42.0 Å². The van der Waals surface area contributed by atoms with Crippen molar-refractivity contribution in [2.24, 2.45) is 0 Å². The first kappa shape index (κ1) is 33.2. The number of aromatic nitrogens is 4. The van der Waals surface area contributed by atoms with Crippen LogP contribution in [0, 0.1) is 0 Å². The number of ether oxygens (including phenoxy) is 2. The van der Waals surface area contributed by atoms with E-state index in [0.717, 1.165) is 18.9 Å². The number of nitrogens with zero attached hydrogens (tertiary/aromatic N) is 5. The fraction of sp³-hybridized carbons (Fsp3) is 0.455. The molecule has 0 radical (unpaired) electrons. The molecule has 0 spiro atoms. The minimum Gasteiger partial charge on any atom is -0.485 e. The van der Waals surface area contributed by atoms with Crippen molar-refractivity contribution >= 4 is 46.6 Å². The molecule has 4 aromatic rings. The van der Waals surface area contributed by atoms with E-state index < -0.39 is 41.0 Å². The van der Waals surface area contributed by atoms with Crippen molar-refractivity contribution in [2.75, 3.05) is 15.5 Å². The smallest absolute Gasteiger partial charge is 0.425 e. The van der Waals surface area contributed by atoms with E-state index in [0.29, 0.717) is 44.8 Å². The molecule has 7 rings (SSSR count). The van der Waals surface area contributed by atoms with E-state index in [1.54, 1.807) is 32.9 Å². The van der Waals surface area contributed by atoms with Crippen molar-refractivity contribution < 1.29 is 46.7 Å². The maximum atomic E-state index is 13.5. The highest BCUT2D eigenvalue weighted by molar-refractivity contribution is 6.15. The van der Waals surface area contributed by atoms with E-state index in [1.165, 1.54) is 6.33 Å². The molecule has 2 fully saturated rings. The van der Waals surface area contributed by atoms with Crippen LogP contribution in [0.2, 0.25) is 0 Å². The van der Waals surface area contributed by atoms with Crippen LogP contribution in [0.4, 0.5) is 44.9 Å². The zero-order valence-electron chi connectivity index (χ0n) is 27.8. The van der Waals surface area contributed by atoms with E-state index >= 15 is 0 Å². The molecule has 50 heavy (non-hydrogen) atoms. The molecule has 4 amide bonds. The summed E-state index contributed by atoms with van der Waals surface area (Å²) in [7, 11) is 0. The third-order valence-electron chi connectivity index (χ3n) is 8.80. The van der Waals surface area contributed by atoms with Crippen LogP contribution in [0.25, 0.3) is 22.2 Å². The van der Waals surface area contributed by atoms with Gasteiger partial charge in [0, 0.05) is 35.9 Å². The van der Waals surface area contributed by atoms with Crippen LogP contribution in [0.1, 0.15) is 77.7 Å². The number of hydrogen-bond acceptors (Lipinski definition) is 9. The molecule has 1 aliphatic heterocycles. The van der Waals surface area contributed by atoms with Crippen LogP contribution in [0.5, 0.6) is 5.75 Å². The number of fused-ring (bicyclic) bond motifs is 2. The van der Waals surface area contributed by atoms with Gasteiger partial charge in [-0.1, -0.05) is 11.2 Å². The van der Waals surface area contributed by atoms with Gasteiger partial charge in [0.2, 0.25) is 0 Å². The van der Waals surface area contributed by atoms with Crippen LogP contribution in [0.3, 0.4) is 0 Å². The second-order valence-corrected chi connectivity index (χ2v) is 14.4. The van der Waals surface area contributed by atoms with Gasteiger partial charge in [0.15, 0.2) is 17.4 Å². The topological polar surface area (TPSA) is 174 Å². The summed E-state index contributed by atoms with van der Waals surface area (Å²) in [5, 5.41) is 19.2. The number of halogens is 3. The summed E-state index contributed by atoms with van der Waals surface area (Å²) in [5.74, 6) is -0.385. The quantitative estimate of drug-likeness (QED) is 0.180. The van der Waals surface area contributed by atoms with Gasteiger partial charge < -0.3 is 29.0 Å². The summed E-state index contributed by atoms with van der Waals surface area (Å²) in [4.78, 5) is 48.1. The Labute approximate surface area is 282 Å². The standard InChI is InChI=1S/C33H34F3N7O7/c1-30(2,3)49-29(47)43(28(45)46)26-23-19(14-42(16-6-7-16)25(23)37-15-38-26)17-8-9-20(24-18(17)13-31(4,5)48-24)39-27(44)40-22-12-21(50-41-22)32(10-11-32)33(34,35)36/h8-9,12,14-16H,6-7,10-11,13H2,1-5H3,(H,45,46)(H2,39,40,41,44). The number of benzene rings is 1. The van der Waals surface area contributed by atoms with Crippen LogP contribution in [-0.4, -0.2) is 60.4 Å². The fourth-order valence-electron chi connectivity index (χ4n) is 6.27. The predicted octanol–water partition coefficient (Wildman–Crippen LogP) is 7.79. The lowest BCUT2D eigenvalue weighted by molar-refractivity contribution is -0.165. The zero-order chi connectivity index (χ0) is 36.0. The van der Waals surface area contributed by atoms with Crippen molar-refractivity contribution in [3.05, 3.63) is 42.0 Å². The minimum absolute atomic E-state index is 0.113. The molecule has 0 saturated heterocycles. The Morgan fingerprint density at radius 1 is 1.08 bits per heavy atom. The summed E-state index contributed by atoms with van der Waals surface area (Å²) in [5.41, 5.74) is -1.24. The third kappa shape index (κ3) is 5.83. The Hall–Kier alpha value is -5.35. The molecule has 0 bridgehead atoms. The predicted molar refractivity (Wildman–Crippen MR) is 172 cm³/mol. The fourth-order valence-corrected chi connectivity index (χ4v) is 6.27.